The number of methoxy groups -OCH3 is 1. The van der Waals surface area contributed by atoms with Gasteiger partial charge in [0.2, 0.25) is 5.88 Å². The largest absolute Gasteiger partial charge is 0.493 e. The SMILES string of the molecule is COc1cccc(C(=O)O)c1Oc1ccc(Br)cn1. The predicted molar refractivity (Wildman–Crippen MR) is 72.0 cm³/mol. The van der Waals surface area contributed by atoms with E-state index in [0.29, 0.717) is 5.75 Å². The van der Waals surface area contributed by atoms with Gasteiger partial charge >= 0.3 is 5.97 Å². The number of rotatable bonds is 4. The van der Waals surface area contributed by atoms with E-state index >= 15 is 0 Å². The van der Waals surface area contributed by atoms with Crippen LogP contribution in [0.15, 0.2) is 41.0 Å². The van der Waals surface area contributed by atoms with Crippen molar-refractivity contribution in [3.05, 3.63) is 46.6 Å². The summed E-state index contributed by atoms with van der Waals surface area (Å²) in [5.74, 6) is -0.335. The molecule has 5 nitrogen and oxygen atoms in total. The van der Waals surface area contributed by atoms with Gasteiger partial charge in [-0.25, -0.2) is 9.78 Å². The number of halogens is 1. The Kier molecular flexibility index (Phi) is 4.01. The molecule has 6 heteroatoms. The standard InChI is InChI=1S/C13H10BrNO4/c1-18-10-4-2-3-9(13(16)17)12(10)19-11-6-5-8(14)7-15-11/h2-7H,1H3,(H,16,17). The third-order valence-corrected chi connectivity index (χ3v) is 2.81. The van der Waals surface area contributed by atoms with Crippen LogP contribution in [-0.4, -0.2) is 23.2 Å². The van der Waals surface area contributed by atoms with Crippen molar-refractivity contribution in [1.29, 1.82) is 0 Å². The van der Waals surface area contributed by atoms with Crippen LogP contribution in [0.25, 0.3) is 0 Å². The molecule has 0 saturated carbocycles. The number of carboxylic acid groups (broad SMARTS) is 1. The lowest BCUT2D eigenvalue weighted by atomic mass is 10.2. The summed E-state index contributed by atoms with van der Waals surface area (Å²) in [5.41, 5.74) is 0.0177. The monoisotopic (exact) mass is 323 g/mol. The average Bonchev–Trinajstić information content (AvgIpc) is 2.41. The van der Waals surface area contributed by atoms with Crippen molar-refractivity contribution in [3.8, 4) is 17.4 Å². The molecule has 2 rings (SSSR count). The first-order valence-electron chi connectivity index (χ1n) is 5.31. The van der Waals surface area contributed by atoms with E-state index in [1.165, 1.54) is 13.2 Å². The summed E-state index contributed by atoms with van der Waals surface area (Å²) < 4.78 is 11.4. The minimum absolute atomic E-state index is 0.0177. The van der Waals surface area contributed by atoms with Crippen LogP contribution in [0.5, 0.6) is 17.4 Å². The fourth-order valence-corrected chi connectivity index (χ4v) is 1.71. The van der Waals surface area contributed by atoms with Crippen molar-refractivity contribution in [1.82, 2.24) is 4.98 Å². The fourth-order valence-electron chi connectivity index (χ4n) is 1.48. The number of hydrogen-bond donors (Lipinski definition) is 1. The van der Waals surface area contributed by atoms with Gasteiger partial charge in [0.1, 0.15) is 5.56 Å². The van der Waals surface area contributed by atoms with Gasteiger partial charge in [-0.2, -0.15) is 0 Å². The van der Waals surface area contributed by atoms with E-state index in [0.717, 1.165) is 4.47 Å². The molecule has 0 bridgehead atoms. The zero-order valence-corrected chi connectivity index (χ0v) is 11.5. The Hall–Kier alpha value is -2.08. The van der Waals surface area contributed by atoms with Crippen molar-refractivity contribution in [2.45, 2.75) is 0 Å². The molecule has 0 radical (unpaired) electrons. The maximum absolute atomic E-state index is 11.2. The second-order valence-corrected chi connectivity index (χ2v) is 4.47. The molecule has 0 saturated heterocycles. The number of pyridine rings is 1. The van der Waals surface area contributed by atoms with Crippen LogP contribution in [0.4, 0.5) is 0 Å². The number of carbonyl (C=O) groups is 1. The van der Waals surface area contributed by atoms with Crippen LogP contribution in [0.1, 0.15) is 10.4 Å². The number of nitrogens with zero attached hydrogens (tertiary/aromatic N) is 1. The van der Waals surface area contributed by atoms with Crippen molar-refractivity contribution in [2.24, 2.45) is 0 Å². The Bertz CT molecular complexity index is 598. The van der Waals surface area contributed by atoms with Gasteiger partial charge in [0, 0.05) is 16.7 Å². The molecule has 98 valence electrons. The average molecular weight is 324 g/mol. The van der Waals surface area contributed by atoms with Crippen LogP contribution in [0.2, 0.25) is 0 Å². The van der Waals surface area contributed by atoms with Crippen molar-refractivity contribution in [2.75, 3.05) is 7.11 Å². The molecule has 1 heterocycles. The predicted octanol–water partition coefficient (Wildman–Crippen LogP) is 3.34. The highest BCUT2D eigenvalue weighted by molar-refractivity contribution is 9.10. The van der Waals surface area contributed by atoms with Crippen LogP contribution < -0.4 is 9.47 Å². The molecule has 0 fully saturated rings. The Morgan fingerprint density at radius 2 is 2.11 bits per heavy atom. The molecular weight excluding hydrogens is 314 g/mol. The summed E-state index contributed by atoms with van der Waals surface area (Å²) in [5, 5.41) is 9.14. The van der Waals surface area contributed by atoms with Crippen LogP contribution in [-0.2, 0) is 0 Å². The second kappa shape index (κ2) is 5.71. The van der Waals surface area contributed by atoms with E-state index in [2.05, 4.69) is 20.9 Å². The van der Waals surface area contributed by atoms with Crippen LogP contribution in [0, 0.1) is 0 Å². The van der Waals surface area contributed by atoms with Gasteiger partial charge in [-0.05, 0) is 34.1 Å². The van der Waals surface area contributed by atoms with E-state index in [4.69, 9.17) is 14.6 Å². The van der Waals surface area contributed by atoms with E-state index in [-0.39, 0.29) is 17.2 Å². The van der Waals surface area contributed by atoms with Crippen molar-refractivity contribution >= 4 is 21.9 Å². The van der Waals surface area contributed by atoms with Gasteiger partial charge in [0.25, 0.3) is 0 Å². The lowest BCUT2D eigenvalue weighted by Gasteiger charge is -2.11. The molecule has 2 aromatic rings. The van der Waals surface area contributed by atoms with E-state index < -0.39 is 5.97 Å². The Balaban J connectivity index is 2.42. The van der Waals surface area contributed by atoms with Gasteiger partial charge in [0.05, 0.1) is 7.11 Å². The van der Waals surface area contributed by atoms with Gasteiger partial charge < -0.3 is 14.6 Å². The molecule has 0 aliphatic rings. The summed E-state index contributed by atoms with van der Waals surface area (Å²) in [4.78, 5) is 15.2. The molecular formula is C13H10BrNO4. The highest BCUT2D eigenvalue weighted by Gasteiger charge is 2.17. The lowest BCUT2D eigenvalue weighted by Crippen LogP contribution is -2.02. The third kappa shape index (κ3) is 3.03. The second-order valence-electron chi connectivity index (χ2n) is 3.56. The normalized spacial score (nSPS) is 10.0. The highest BCUT2D eigenvalue weighted by Crippen LogP contribution is 2.34. The smallest absolute Gasteiger partial charge is 0.339 e. The number of aromatic carboxylic acids is 1. The van der Waals surface area contributed by atoms with Gasteiger partial charge in [-0.3, -0.25) is 0 Å². The summed E-state index contributed by atoms with van der Waals surface area (Å²) in [6, 6.07) is 8.03. The van der Waals surface area contributed by atoms with Gasteiger partial charge in [0.15, 0.2) is 11.5 Å². The quantitative estimate of drug-likeness (QED) is 0.934. The van der Waals surface area contributed by atoms with Crippen molar-refractivity contribution < 1.29 is 19.4 Å². The Labute approximate surface area is 117 Å². The third-order valence-electron chi connectivity index (χ3n) is 2.34. The first-order chi connectivity index (χ1) is 9.11. The molecule has 0 spiro atoms. The first kappa shape index (κ1) is 13.4. The van der Waals surface area contributed by atoms with Crippen LogP contribution in [0.3, 0.4) is 0 Å². The maximum atomic E-state index is 11.2. The Morgan fingerprint density at radius 1 is 1.32 bits per heavy atom. The highest BCUT2D eigenvalue weighted by atomic mass is 79.9. The number of aromatic nitrogens is 1. The molecule has 1 N–H and O–H groups in total. The van der Waals surface area contributed by atoms with E-state index in [9.17, 15) is 4.79 Å². The summed E-state index contributed by atoms with van der Waals surface area (Å²) >= 11 is 3.26. The van der Waals surface area contributed by atoms with Crippen LogP contribution >= 0.6 is 15.9 Å². The number of benzene rings is 1. The van der Waals surface area contributed by atoms with E-state index in [1.807, 2.05) is 0 Å². The molecule has 1 aromatic carbocycles. The summed E-state index contributed by atoms with van der Waals surface area (Å²) in [6.45, 7) is 0. The van der Waals surface area contributed by atoms with Crippen molar-refractivity contribution in [3.63, 3.8) is 0 Å². The first-order valence-corrected chi connectivity index (χ1v) is 6.11. The number of ether oxygens (including phenoxy) is 2. The molecule has 0 amide bonds. The lowest BCUT2D eigenvalue weighted by molar-refractivity contribution is 0.0693. The fraction of sp³-hybridized carbons (Fsp3) is 0.0769. The van der Waals surface area contributed by atoms with Gasteiger partial charge in [-0.1, -0.05) is 6.07 Å². The summed E-state index contributed by atoms with van der Waals surface area (Å²) in [6.07, 6.45) is 1.56. The minimum Gasteiger partial charge on any atom is -0.493 e. The zero-order chi connectivity index (χ0) is 13.8. The molecule has 19 heavy (non-hydrogen) atoms. The molecule has 0 atom stereocenters. The topological polar surface area (TPSA) is 68.7 Å². The zero-order valence-electron chi connectivity index (χ0n) is 9.96. The number of hydrogen-bond acceptors (Lipinski definition) is 4. The summed E-state index contributed by atoms with van der Waals surface area (Å²) in [7, 11) is 1.45. The molecule has 1 aromatic heterocycles. The maximum Gasteiger partial charge on any atom is 0.339 e. The minimum atomic E-state index is -1.09. The number of para-hydroxylation sites is 1. The Morgan fingerprint density at radius 3 is 2.68 bits per heavy atom. The van der Waals surface area contributed by atoms with Gasteiger partial charge in [-0.15, -0.1) is 0 Å². The molecule has 0 unspecified atom stereocenters. The number of carboxylic acids is 1. The molecule has 0 aliphatic heterocycles. The van der Waals surface area contributed by atoms with E-state index in [1.54, 1.807) is 30.5 Å². The molecule has 0 aliphatic carbocycles.